The quantitative estimate of drug-likeness (QED) is 0.463. The molecule has 2 fully saturated rings. The molecular weight excluding hydrogens is 368 g/mol. The lowest BCUT2D eigenvalue weighted by Crippen LogP contribution is -2.49. The van der Waals surface area contributed by atoms with E-state index in [-0.39, 0.29) is 5.54 Å². The Kier molecular flexibility index (Phi) is 7.96. The fraction of sp³-hybridized carbons (Fsp3) is 0.632. The highest BCUT2D eigenvalue weighted by atomic mass is 32.2. The topological polar surface area (TPSA) is 81.4 Å². The molecule has 1 aromatic carbocycles. The van der Waals surface area contributed by atoms with Gasteiger partial charge in [-0.3, -0.25) is 9.45 Å². The normalized spacial score (nSPS) is 20.5. The summed E-state index contributed by atoms with van der Waals surface area (Å²) < 4.78 is 25.9. The molecule has 5 nitrogen and oxygen atoms in total. The van der Waals surface area contributed by atoms with Crippen molar-refractivity contribution in [3.63, 3.8) is 0 Å². The molecule has 1 aliphatic heterocycles. The lowest BCUT2D eigenvalue weighted by Gasteiger charge is -2.49. The van der Waals surface area contributed by atoms with Crippen molar-refractivity contribution >= 4 is 21.9 Å². The molecule has 144 valence electrons. The van der Waals surface area contributed by atoms with E-state index in [1.807, 2.05) is 0 Å². The van der Waals surface area contributed by atoms with Crippen LogP contribution in [0.15, 0.2) is 29.2 Å². The number of nitrogens with zero attached hydrogens (tertiary/aromatic N) is 2. The molecule has 0 spiro atoms. The number of hydrogen-bond donors (Lipinski definition) is 1. The van der Waals surface area contributed by atoms with Crippen molar-refractivity contribution in [2.75, 3.05) is 19.3 Å². The predicted octanol–water partition coefficient (Wildman–Crippen LogP) is 4.41. The van der Waals surface area contributed by atoms with Gasteiger partial charge in [-0.15, -0.1) is 0 Å². The molecule has 3 rings (SSSR count). The van der Waals surface area contributed by atoms with Crippen LogP contribution in [0.4, 0.5) is 0 Å². The molecule has 1 saturated heterocycles. The molecule has 7 heteroatoms. The average molecular weight is 397 g/mol. The first-order valence-corrected chi connectivity index (χ1v) is 11.9. The molecule has 26 heavy (non-hydrogen) atoms. The van der Waals surface area contributed by atoms with Crippen LogP contribution >= 0.6 is 11.8 Å². The van der Waals surface area contributed by atoms with Crippen LogP contribution in [0.5, 0.6) is 0 Å². The predicted molar refractivity (Wildman–Crippen MR) is 106 cm³/mol. The summed E-state index contributed by atoms with van der Waals surface area (Å²) in [4.78, 5) is 3.85. The summed E-state index contributed by atoms with van der Waals surface area (Å²) >= 11 is 1.29. The fourth-order valence-electron chi connectivity index (χ4n) is 4.15. The zero-order valence-electron chi connectivity index (χ0n) is 15.4. The van der Waals surface area contributed by atoms with Gasteiger partial charge in [0.05, 0.1) is 6.26 Å². The summed E-state index contributed by atoms with van der Waals surface area (Å²) in [6.45, 7) is 2.49. The van der Waals surface area contributed by atoms with Crippen LogP contribution < -0.4 is 0 Å². The number of thioether (sulfide) groups is 1. The van der Waals surface area contributed by atoms with Crippen LogP contribution in [0.1, 0.15) is 56.9 Å². The number of hydrogen-bond acceptors (Lipinski definition) is 5. The molecule has 1 aromatic rings. The van der Waals surface area contributed by atoms with Crippen LogP contribution in [0.2, 0.25) is 0 Å². The number of piperidine rings is 1. The van der Waals surface area contributed by atoms with Crippen molar-refractivity contribution in [1.82, 2.24) is 4.90 Å². The van der Waals surface area contributed by atoms with E-state index in [1.165, 1.54) is 81.8 Å². The third kappa shape index (κ3) is 6.27. The van der Waals surface area contributed by atoms with Gasteiger partial charge in [0.2, 0.25) is 0 Å². The van der Waals surface area contributed by atoms with Crippen molar-refractivity contribution in [1.29, 1.82) is 5.26 Å². The van der Waals surface area contributed by atoms with Gasteiger partial charge in [-0.2, -0.15) is 13.7 Å². The van der Waals surface area contributed by atoms with Crippen LogP contribution in [-0.4, -0.2) is 37.2 Å². The first-order valence-electron chi connectivity index (χ1n) is 9.19. The lowest BCUT2D eigenvalue weighted by molar-refractivity contribution is 0.0302. The van der Waals surface area contributed by atoms with Crippen molar-refractivity contribution in [3.8, 4) is 5.40 Å². The van der Waals surface area contributed by atoms with Gasteiger partial charge in [-0.05, 0) is 68.2 Å². The Balaban J connectivity index is 0.000000431. The van der Waals surface area contributed by atoms with Gasteiger partial charge < -0.3 is 0 Å². The first-order chi connectivity index (χ1) is 12.3. The molecule has 0 amide bonds. The minimum atomic E-state index is -3.67. The highest BCUT2D eigenvalue weighted by Crippen LogP contribution is 2.44. The van der Waals surface area contributed by atoms with Gasteiger partial charge in [0.25, 0.3) is 10.1 Å². The zero-order valence-corrected chi connectivity index (χ0v) is 17.0. The van der Waals surface area contributed by atoms with Gasteiger partial charge in [-0.25, -0.2) is 0 Å². The van der Waals surface area contributed by atoms with E-state index in [0.29, 0.717) is 6.26 Å². The summed E-state index contributed by atoms with van der Waals surface area (Å²) in [5.74, 6) is 0. The molecule has 0 radical (unpaired) electrons. The maximum atomic E-state index is 9.19. The molecule has 0 unspecified atom stereocenters. The number of thiocyanates is 1. The molecule has 1 saturated carbocycles. The van der Waals surface area contributed by atoms with E-state index in [2.05, 4.69) is 34.6 Å². The Hall–Kier alpha value is -1.07. The van der Waals surface area contributed by atoms with Crippen molar-refractivity contribution < 1.29 is 13.0 Å². The maximum Gasteiger partial charge on any atom is 0.261 e. The van der Waals surface area contributed by atoms with E-state index in [9.17, 15) is 8.42 Å². The average Bonchev–Trinajstić information content (AvgIpc) is 2.62. The summed E-state index contributed by atoms with van der Waals surface area (Å²) in [5, 5.41) is 11.1. The highest BCUT2D eigenvalue weighted by molar-refractivity contribution is 8.03. The Labute approximate surface area is 161 Å². The molecule has 0 aromatic heterocycles. The number of likely N-dealkylation sites (tertiary alicyclic amines) is 1. The summed E-state index contributed by atoms with van der Waals surface area (Å²) in [6, 6.07) is 8.76. The van der Waals surface area contributed by atoms with Crippen molar-refractivity contribution in [2.45, 2.75) is 61.8 Å². The molecule has 2 aliphatic rings. The largest absolute Gasteiger partial charge is 0.294 e. The van der Waals surface area contributed by atoms with E-state index in [1.54, 1.807) is 0 Å². The monoisotopic (exact) mass is 396 g/mol. The highest BCUT2D eigenvalue weighted by Gasteiger charge is 2.39. The van der Waals surface area contributed by atoms with Gasteiger partial charge in [0.1, 0.15) is 5.40 Å². The van der Waals surface area contributed by atoms with E-state index >= 15 is 0 Å². The SMILES string of the molecule is CS(=O)(=O)O.N#CSc1cccc(C2(N3CCCCC3)CCCCC2)c1. The van der Waals surface area contributed by atoms with E-state index in [0.717, 1.165) is 4.90 Å². The van der Waals surface area contributed by atoms with Gasteiger partial charge in [0.15, 0.2) is 0 Å². The molecule has 1 N–H and O–H groups in total. The van der Waals surface area contributed by atoms with Crippen LogP contribution in [-0.2, 0) is 15.7 Å². The van der Waals surface area contributed by atoms with Gasteiger partial charge in [-0.1, -0.05) is 37.8 Å². The minimum Gasteiger partial charge on any atom is -0.294 e. The summed E-state index contributed by atoms with van der Waals surface area (Å²) in [6.07, 6.45) is 11.4. The van der Waals surface area contributed by atoms with Crippen LogP contribution in [0.25, 0.3) is 0 Å². The minimum absolute atomic E-state index is 0.241. The first kappa shape index (κ1) is 21.2. The Bertz CT molecular complexity index is 709. The van der Waals surface area contributed by atoms with Crippen LogP contribution in [0, 0.1) is 10.7 Å². The van der Waals surface area contributed by atoms with Gasteiger partial charge in [0, 0.05) is 10.4 Å². The smallest absolute Gasteiger partial charge is 0.261 e. The third-order valence-corrected chi connectivity index (χ3v) is 5.76. The second-order valence-electron chi connectivity index (χ2n) is 7.09. The molecular formula is C19H28N2O3S2. The molecule has 0 bridgehead atoms. The molecule has 1 heterocycles. The van der Waals surface area contributed by atoms with E-state index in [4.69, 9.17) is 9.81 Å². The summed E-state index contributed by atoms with van der Waals surface area (Å²) in [7, 11) is -3.67. The van der Waals surface area contributed by atoms with Crippen LogP contribution in [0.3, 0.4) is 0 Å². The lowest BCUT2D eigenvalue weighted by atomic mass is 9.74. The van der Waals surface area contributed by atoms with E-state index < -0.39 is 10.1 Å². The zero-order chi connectivity index (χ0) is 19.0. The number of benzene rings is 1. The number of rotatable bonds is 3. The second-order valence-corrected chi connectivity index (χ2v) is 9.42. The Morgan fingerprint density at radius 1 is 1.12 bits per heavy atom. The third-order valence-electron chi connectivity index (χ3n) is 5.18. The fourth-order valence-corrected chi connectivity index (χ4v) is 4.59. The summed E-state index contributed by atoms with van der Waals surface area (Å²) in [5.41, 5.74) is 1.69. The maximum absolute atomic E-state index is 9.19. The van der Waals surface area contributed by atoms with Gasteiger partial charge >= 0.3 is 0 Å². The van der Waals surface area contributed by atoms with Crippen molar-refractivity contribution in [2.24, 2.45) is 0 Å². The number of nitriles is 1. The standard InChI is InChI=1S/C18H24N2S.CH4O3S/c19-15-21-17-9-7-8-16(14-17)18(10-3-1-4-11-18)20-12-5-2-6-13-20;1-5(2,3)4/h7-9,14H,1-6,10-13H2;1H3,(H,2,3,4). The van der Waals surface area contributed by atoms with Crippen molar-refractivity contribution in [3.05, 3.63) is 29.8 Å². The second kappa shape index (κ2) is 9.75. The Morgan fingerprint density at radius 2 is 1.69 bits per heavy atom. The Morgan fingerprint density at radius 3 is 2.27 bits per heavy atom. The molecule has 1 aliphatic carbocycles. The molecule has 0 atom stereocenters.